The zero-order valence-corrected chi connectivity index (χ0v) is 20.4. The number of ether oxygens (including phenoxy) is 3. The molecule has 32 heavy (non-hydrogen) atoms. The van der Waals surface area contributed by atoms with Gasteiger partial charge in [0.05, 0.1) is 10.8 Å². The second-order valence-electron chi connectivity index (χ2n) is 10.1. The average Bonchev–Trinajstić information content (AvgIpc) is 3.51. The lowest BCUT2D eigenvalue weighted by molar-refractivity contribution is -0.148. The molecule has 2 aliphatic carbocycles. The molecule has 0 unspecified atom stereocenters. The molecule has 2 rings (SSSR count). The van der Waals surface area contributed by atoms with Gasteiger partial charge in [0.15, 0.2) is 6.07 Å². The lowest BCUT2D eigenvalue weighted by Gasteiger charge is -2.21. The number of esters is 1. The van der Waals surface area contributed by atoms with Crippen molar-refractivity contribution in [2.75, 3.05) is 19.2 Å². The van der Waals surface area contributed by atoms with E-state index in [0.717, 1.165) is 0 Å². The highest BCUT2D eigenvalue weighted by Gasteiger charge is 2.52. The largest absolute Gasteiger partial charge is 0.481 e. The molecule has 184 valence electrons. The number of hydrogen-bond donors (Lipinski definition) is 3. The van der Waals surface area contributed by atoms with Gasteiger partial charge in [0.2, 0.25) is 0 Å². The van der Waals surface area contributed by atoms with Crippen LogP contribution in [0.15, 0.2) is 0 Å². The van der Waals surface area contributed by atoms with E-state index in [1.165, 1.54) is 0 Å². The number of carboxylic acid groups (broad SMARTS) is 1. The minimum absolute atomic E-state index is 0.150. The van der Waals surface area contributed by atoms with Gasteiger partial charge in [0, 0.05) is 13.1 Å². The first kappa shape index (κ1) is 27.8. The standard InChI is InChI=1S/C11H18ClNO4.C10H17NO4/c1-10(2,3)17-9(15)13-6-11(4-5-11)8(14)16-7-12;1-9(2,3)15-8(14)11-6-10(4-5-10)7(12)13/h4-7H2,1-3H3,(H,13,15);4-6H2,1-3H3,(H,11,14)(H,12,13). The topological polar surface area (TPSA) is 140 Å². The summed E-state index contributed by atoms with van der Waals surface area (Å²) in [5, 5.41) is 13.9. The van der Waals surface area contributed by atoms with Crippen molar-refractivity contribution in [2.45, 2.75) is 78.4 Å². The highest BCUT2D eigenvalue weighted by molar-refractivity contribution is 6.17. The summed E-state index contributed by atoms with van der Waals surface area (Å²) in [7, 11) is 0. The van der Waals surface area contributed by atoms with Crippen molar-refractivity contribution in [2.24, 2.45) is 10.8 Å². The van der Waals surface area contributed by atoms with Gasteiger partial charge in [-0.1, -0.05) is 11.6 Å². The molecule has 0 aromatic heterocycles. The van der Waals surface area contributed by atoms with Crippen molar-refractivity contribution < 1.29 is 38.5 Å². The Morgan fingerprint density at radius 2 is 1.19 bits per heavy atom. The maximum Gasteiger partial charge on any atom is 0.407 e. The third-order valence-electron chi connectivity index (χ3n) is 4.72. The van der Waals surface area contributed by atoms with Crippen molar-refractivity contribution in [3.63, 3.8) is 0 Å². The van der Waals surface area contributed by atoms with E-state index in [1.807, 2.05) is 0 Å². The highest BCUT2D eigenvalue weighted by Crippen LogP contribution is 2.46. The predicted octanol–water partition coefficient (Wildman–Crippen LogP) is 3.41. The Bertz CT molecular complexity index is 704. The second-order valence-corrected chi connectivity index (χ2v) is 10.3. The smallest absolute Gasteiger partial charge is 0.407 e. The fourth-order valence-electron chi connectivity index (χ4n) is 2.53. The summed E-state index contributed by atoms with van der Waals surface area (Å²) in [6.07, 6.45) is 1.57. The molecule has 0 aromatic carbocycles. The van der Waals surface area contributed by atoms with Crippen molar-refractivity contribution in [3.05, 3.63) is 0 Å². The Morgan fingerprint density at radius 3 is 1.47 bits per heavy atom. The molecule has 3 N–H and O–H groups in total. The van der Waals surface area contributed by atoms with Crippen LogP contribution in [0.3, 0.4) is 0 Å². The van der Waals surface area contributed by atoms with E-state index in [1.54, 1.807) is 41.5 Å². The van der Waals surface area contributed by atoms with Crippen molar-refractivity contribution in [1.29, 1.82) is 0 Å². The highest BCUT2D eigenvalue weighted by atomic mass is 35.5. The third-order valence-corrected chi connectivity index (χ3v) is 4.83. The van der Waals surface area contributed by atoms with Gasteiger partial charge < -0.3 is 30.0 Å². The quantitative estimate of drug-likeness (QED) is 0.287. The minimum Gasteiger partial charge on any atom is -0.481 e. The molecule has 2 amide bonds. The van der Waals surface area contributed by atoms with Gasteiger partial charge in [-0.15, -0.1) is 0 Å². The van der Waals surface area contributed by atoms with Gasteiger partial charge in [-0.05, 0) is 67.2 Å². The van der Waals surface area contributed by atoms with Crippen molar-refractivity contribution >= 4 is 35.7 Å². The monoisotopic (exact) mass is 478 g/mol. The third kappa shape index (κ3) is 9.93. The number of carbonyl (C=O) groups excluding carboxylic acids is 3. The van der Waals surface area contributed by atoms with Crippen LogP contribution in [-0.4, -0.2) is 59.6 Å². The second kappa shape index (κ2) is 10.6. The molecule has 0 heterocycles. The first-order chi connectivity index (χ1) is 14.5. The van der Waals surface area contributed by atoms with Crippen LogP contribution in [0.4, 0.5) is 9.59 Å². The predicted molar refractivity (Wildman–Crippen MR) is 116 cm³/mol. The molecule has 0 radical (unpaired) electrons. The molecule has 2 aliphatic rings. The first-order valence-electron chi connectivity index (χ1n) is 10.4. The molecule has 0 aliphatic heterocycles. The number of amides is 2. The van der Waals surface area contributed by atoms with E-state index < -0.39 is 40.2 Å². The number of hydrogen-bond acceptors (Lipinski definition) is 7. The van der Waals surface area contributed by atoms with Crippen LogP contribution in [0.2, 0.25) is 0 Å². The molecule has 0 atom stereocenters. The summed E-state index contributed by atoms with van der Waals surface area (Å²) < 4.78 is 14.8. The average molecular weight is 479 g/mol. The summed E-state index contributed by atoms with van der Waals surface area (Å²) in [5.41, 5.74) is -2.43. The van der Waals surface area contributed by atoms with Crippen molar-refractivity contribution in [1.82, 2.24) is 10.6 Å². The van der Waals surface area contributed by atoms with Crippen LogP contribution in [0.1, 0.15) is 67.2 Å². The maximum atomic E-state index is 11.5. The maximum absolute atomic E-state index is 11.5. The zero-order valence-electron chi connectivity index (χ0n) is 19.6. The van der Waals surface area contributed by atoms with E-state index in [9.17, 15) is 19.2 Å². The number of aliphatic carboxylic acids is 1. The summed E-state index contributed by atoms with van der Waals surface area (Å²) >= 11 is 5.32. The minimum atomic E-state index is -0.849. The fraction of sp³-hybridized carbons (Fsp3) is 0.810. The van der Waals surface area contributed by atoms with Gasteiger partial charge >= 0.3 is 24.1 Å². The van der Waals surface area contributed by atoms with Gasteiger partial charge in [0.1, 0.15) is 11.2 Å². The fourth-order valence-corrected chi connectivity index (χ4v) is 2.63. The zero-order chi connectivity index (χ0) is 24.8. The Kier molecular flexibility index (Phi) is 9.20. The lowest BCUT2D eigenvalue weighted by Crippen LogP contribution is -2.38. The molecule has 2 saturated carbocycles. The molecular weight excluding hydrogens is 444 g/mol. The number of nitrogens with one attached hydrogen (secondary N) is 2. The molecule has 0 spiro atoms. The van der Waals surface area contributed by atoms with Gasteiger partial charge in [-0.2, -0.15) is 0 Å². The van der Waals surface area contributed by atoms with Crippen LogP contribution in [0, 0.1) is 10.8 Å². The molecule has 10 nitrogen and oxygen atoms in total. The van der Waals surface area contributed by atoms with E-state index in [4.69, 9.17) is 30.9 Å². The Labute approximate surface area is 193 Å². The summed E-state index contributed by atoms with van der Waals surface area (Å²) in [5.74, 6) is -1.21. The summed E-state index contributed by atoms with van der Waals surface area (Å²) in [6.45, 7) is 11.0. The van der Waals surface area contributed by atoms with Gasteiger partial charge in [-0.25, -0.2) is 9.59 Å². The van der Waals surface area contributed by atoms with Crippen LogP contribution in [0.5, 0.6) is 0 Å². The number of carboxylic acids is 1. The van der Waals surface area contributed by atoms with Crippen molar-refractivity contribution in [3.8, 4) is 0 Å². The molecule has 2 fully saturated rings. The van der Waals surface area contributed by atoms with Crippen LogP contribution in [0.25, 0.3) is 0 Å². The van der Waals surface area contributed by atoms with Gasteiger partial charge in [-0.3, -0.25) is 9.59 Å². The SMILES string of the molecule is CC(C)(C)OC(=O)NCC1(C(=O)O)CC1.CC(C)(C)OC(=O)NCC1(C(=O)OCCl)CC1. The van der Waals surface area contributed by atoms with E-state index in [0.29, 0.717) is 25.7 Å². The van der Waals surface area contributed by atoms with E-state index >= 15 is 0 Å². The molecule has 0 aromatic rings. The molecule has 11 heteroatoms. The molecular formula is C21H35ClN2O8. The lowest BCUT2D eigenvalue weighted by atomic mass is 10.1. The van der Waals surface area contributed by atoms with E-state index in [2.05, 4.69) is 10.6 Å². The number of carbonyl (C=O) groups is 4. The molecule has 0 saturated heterocycles. The summed E-state index contributed by atoms with van der Waals surface area (Å²) in [6, 6.07) is -0.160. The number of alkyl halides is 1. The Morgan fingerprint density at radius 1 is 0.812 bits per heavy atom. The van der Waals surface area contributed by atoms with Crippen LogP contribution >= 0.6 is 11.6 Å². The summed E-state index contributed by atoms with van der Waals surface area (Å²) in [4.78, 5) is 44.9. The Hall–Kier alpha value is -2.23. The van der Waals surface area contributed by atoms with Gasteiger partial charge in [0.25, 0.3) is 0 Å². The first-order valence-corrected chi connectivity index (χ1v) is 11.0. The van der Waals surface area contributed by atoms with Crippen LogP contribution in [-0.2, 0) is 23.8 Å². The number of rotatable bonds is 7. The molecule has 0 bridgehead atoms. The Balaban J connectivity index is 0.000000323. The normalized spacial score (nSPS) is 17.6. The number of halogens is 1. The number of alkyl carbamates (subject to hydrolysis) is 2. The van der Waals surface area contributed by atoms with Crippen LogP contribution < -0.4 is 10.6 Å². The van der Waals surface area contributed by atoms with E-state index in [-0.39, 0.29) is 25.1 Å².